The van der Waals surface area contributed by atoms with E-state index in [1.54, 1.807) is 55.5 Å². The molecule has 10 heteroatoms. The summed E-state index contributed by atoms with van der Waals surface area (Å²) in [6.07, 6.45) is -3.46. The Kier molecular flexibility index (Phi) is 6.18. The minimum atomic E-state index is -4.59. The molecule has 4 rings (SSSR count). The van der Waals surface area contributed by atoms with Crippen molar-refractivity contribution in [3.8, 4) is 17.2 Å². The van der Waals surface area contributed by atoms with Gasteiger partial charge in [0.25, 0.3) is 5.91 Å². The lowest BCUT2D eigenvalue weighted by molar-refractivity contribution is -0.140. The Morgan fingerprint density at radius 1 is 1.11 bits per heavy atom. The van der Waals surface area contributed by atoms with Gasteiger partial charge in [-0.25, -0.2) is 4.99 Å². The summed E-state index contributed by atoms with van der Waals surface area (Å²) in [6, 6.07) is 17.0. The monoisotopic (exact) mass is 493 g/mol. The number of Topliss-reactive ketones (excluding diaryl/α,β-unsaturated/α-hetero) is 1. The number of ketones is 1. The van der Waals surface area contributed by atoms with Crippen molar-refractivity contribution < 1.29 is 22.8 Å². The molecular weight excluding hydrogens is 471 g/mol. The first-order valence-corrected chi connectivity index (χ1v) is 11.1. The van der Waals surface area contributed by atoms with Crippen molar-refractivity contribution in [1.29, 1.82) is 5.26 Å². The van der Waals surface area contributed by atoms with Crippen molar-refractivity contribution in [1.82, 2.24) is 9.47 Å². The summed E-state index contributed by atoms with van der Waals surface area (Å²) in [6.45, 7) is 0.153. The van der Waals surface area contributed by atoms with E-state index in [0.717, 1.165) is 15.7 Å². The number of nitrogens with zero attached hydrogens (tertiary/aromatic N) is 4. The number of benzene rings is 2. The molecule has 0 aliphatic carbocycles. The van der Waals surface area contributed by atoms with E-state index in [1.165, 1.54) is 13.1 Å². The second kappa shape index (κ2) is 9.00. The first-order valence-electron chi connectivity index (χ1n) is 11.1. The molecule has 3 aromatic rings. The molecule has 36 heavy (non-hydrogen) atoms. The summed E-state index contributed by atoms with van der Waals surface area (Å²) < 4.78 is 40.8. The van der Waals surface area contributed by atoms with Gasteiger partial charge in [0.05, 0.1) is 17.3 Å². The molecule has 1 amide bonds. The Hall–Kier alpha value is -4.39. The summed E-state index contributed by atoms with van der Waals surface area (Å²) in [5.41, 5.74) is 6.32. The molecule has 0 saturated carbocycles. The van der Waals surface area contributed by atoms with Crippen molar-refractivity contribution in [2.75, 3.05) is 7.05 Å². The molecule has 0 saturated heterocycles. The summed E-state index contributed by atoms with van der Waals surface area (Å²) in [7, 11) is 1.42. The lowest BCUT2D eigenvalue weighted by atomic mass is 9.82. The number of likely N-dealkylation sites (N-methyl/N-ethyl adjacent to an activating group) is 1. The predicted octanol–water partition coefficient (Wildman–Crippen LogP) is 4.21. The SMILES string of the molecule is CCC(=O)c1cc(C2(c3cccc(-c4cccc(C#N)c4)c3)N=C(N)N(C)C2=O)cn1CC(F)(F)F. The third-order valence-electron chi connectivity index (χ3n) is 6.12. The van der Waals surface area contributed by atoms with Crippen molar-refractivity contribution >= 4 is 17.6 Å². The van der Waals surface area contributed by atoms with Crippen LogP contribution in [0.1, 0.15) is 40.5 Å². The quantitative estimate of drug-likeness (QED) is 0.520. The molecule has 184 valence electrons. The number of rotatable bonds is 6. The smallest absolute Gasteiger partial charge is 0.369 e. The van der Waals surface area contributed by atoms with E-state index in [-0.39, 0.29) is 23.6 Å². The van der Waals surface area contributed by atoms with Crippen LogP contribution in [0.2, 0.25) is 0 Å². The van der Waals surface area contributed by atoms with Crippen LogP contribution in [0.4, 0.5) is 13.2 Å². The molecule has 0 fully saturated rings. The first-order chi connectivity index (χ1) is 17.0. The first kappa shape index (κ1) is 24.7. The zero-order valence-corrected chi connectivity index (χ0v) is 19.5. The van der Waals surface area contributed by atoms with Gasteiger partial charge in [0.2, 0.25) is 0 Å². The van der Waals surface area contributed by atoms with E-state index < -0.39 is 30.0 Å². The zero-order chi connectivity index (χ0) is 26.3. The molecule has 1 aliphatic rings. The number of nitriles is 1. The highest BCUT2D eigenvalue weighted by molar-refractivity contribution is 6.09. The van der Waals surface area contributed by atoms with Gasteiger partial charge in [0.15, 0.2) is 17.3 Å². The highest BCUT2D eigenvalue weighted by atomic mass is 19.4. The van der Waals surface area contributed by atoms with Gasteiger partial charge in [-0.05, 0) is 41.0 Å². The molecule has 2 heterocycles. The Morgan fingerprint density at radius 2 is 1.78 bits per heavy atom. The van der Waals surface area contributed by atoms with Gasteiger partial charge in [0.1, 0.15) is 6.54 Å². The number of nitrogens with two attached hydrogens (primary N) is 1. The molecule has 1 unspecified atom stereocenters. The maximum Gasteiger partial charge on any atom is 0.406 e. The van der Waals surface area contributed by atoms with E-state index in [4.69, 9.17) is 5.73 Å². The molecule has 1 atom stereocenters. The Labute approximate surface area is 205 Å². The molecule has 1 aromatic heterocycles. The highest BCUT2D eigenvalue weighted by Gasteiger charge is 2.50. The summed E-state index contributed by atoms with van der Waals surface area (Å²) >= 11 is 0. The van der Waals surface area contributed by atoms with Crippen LogP contribution in [0.5, 0.6) is 0 Å². The van der Waals surface area contributed by atoms with Crippen LogP contribution in [0, 0.1) is 11.3 Å². The molecule has 2 aromatic carbocycles. The average molecular weight is 493 g/mol. The van der Waals surface area contributed by atoms with Gasteiger partial charge >= 0.3 is 6.18 Å². The fourth-order valence-electron chi connectivity index (χ4n) is 4.32. The topological polar surface area (TPSA) is 104 Å². The normalized spacial score (nSPS) is 17.7. The average Bonchev–Trinajstić information content (AvgIpc) is 3.37. The number of halogens is 3. The molecule has 2 N–H and O–H groups in total. The molecule has 1 aliphatic heterocycles. The number of aliphatic imine (C=N–C) groups is 1. The fraction of sp³-hybridized carbons (Fsp3) is 0.231. The van der Waals surface area contributed by atoms with E-state index in [2.05, 4.69) is 11.1 Å². The number of hydrogen-bond donors (Lipinski definition) is 1. The number of aromatic nitrogens is 1. The standard InChI is InChI=1S/C26H22F3N5O2/c1-3-22(35)21-12-20(14-34(21)15-25(27,28)29)26(23(36)33(2)24(31)32-26)19-9-5-8-18(11-19)17-7-4-6-16(10-17)13-30/h4-12,14H,3,15H2,1-2H3,(H2,31,32). The third-order valence-corrected chi connectivity index (χ3v) is 6.12. The number of amides is 1. The lowest BCUT2D eigenvalue weighted by Crippen LogP contribution is -2.41. The van der Waals surface area contributed by atoms with Gasteiger partial charge in [-0.3, -0.25) is 14.5 Å². The molecule has 0 bridgehead atoms. The number of hydrogen-bond acceptors (Lipinski definition) is 5. The minimum absolute atomic E-state index is 0.0156. The van der Waals surface area contributed by atoms with Gasteiger partial charge in [-0.1, -0.05) is 37.3 Å². The van der Waals surface area contributed by atoms with Crippen molar-refractivity contribution in [3.05, 3.63) is 83.2 Å². The van der Waals surface area contributed by atoms with E-state index >= 15 is 0 Å². The van der Waals surface area contributed by atoms with Crippen LogP contribution in [0.25, 0.3) is 11.1 Å². The molecule has 0 spiro atoms. The van der Waals surface area contributed by atoms with E-state index in [9.17, 15) is 28.0 Å². The molecule has 7 nitrogen and oxygen atoms in total. The highest BCUT2D eigenvalue weighted by Crippen LogP contribution is 2.41. The van der Waals surface area contributed by atoms with E-state index in [1.807, 2.05) is 0 Å². The minimum Gasteiger partial charge on any atom is -0.369 e. The maximum absolute atomic E-state index is 13.6. The van der Waals surface area contributed by atoms with Crippen LogP contribution in [0.15, 0.2) is 65.8 Å². The van der Waals surface area contributed by atoms with Crippen molar-refractivity contribution in [2.45, 2.75) is 31.6 Å². The second-order valence-electron chi connectivity index (χ2n) is 8.45. The Bertz CT molecular complexity index is 1430. The number of alkyl halides is 3. The van der Waals surface area contributed by atoms with Crippen LogP contribution < -0.4 is 5.73 Å². The second-order valence-corrected chi connectivity index (χ2v) is 8.45. The van der Waals surface area contributed by atoms with Crippen LogP contribution in [0.3, 0.4) is 0 Å². The Balaban J connectivity index is 1.95. The Morgan fingerprint density at radius 3 is 2.36 bits per heavy atom. The van der Waals surface area contributed by atoms with Crippen LogP contribution in [-0.4, -0.2) is 40.3 Å². The summed E-state index contributed by atoms with van der Waals surface area (Å²) in [5.74, 6) is -1.18. The van der Waals surface area contributed by atoms with Crippen molar-refractivity contribution in [3.63, 3.8) is 0 Å². The van der Waals surface area contributed by atoms with Gasteiger partial charge in [-0.15, -0.1) is 0 Å². The van der Waals surface area contributed by atoms with Crippen LogP contribution >= 0.6 is 0 Å². The van der Waals surface area contributed by atoms with Gasteiger partial charge in [0, 0.05) is 25.2 Å². The van der Waals surface area contributed by atoms with E-state index in [0.29, 0.717) is 22.3 Å². The van der Waals surface area contributed by atoms with Gasteiger partial charge in [-0.2, -0.15) is 18.4 Å². The number of carbonyl (C=O) groups is 2. The predicted molar refractivity (Wildman–Crippen MR) is 127 cm³/mol. The summed E-state index contributed by atoms with van der Waals surface area (Å²) in [4.78, 5) is 31.7. The number of guanidine groups is 1. The zero-order valence-electron chi connectivity index (χ0n) is 19.5. The number of carbonyl (C=O) groups excluding carboxylic acids is 2. The summed E-state index contributed by atoms with van der Waals surface area (Å²) in [5, 5.41) is 9.25. The fourth-order valence-corrected chi connectivity index (χ4v) is 4.32. The molecular formula is C26H22F3N5O2. The van der Waals surface area contributed by atoms with Gasteiger partial charge < -0.3 is 10.3 Å². The largest absolute Gasteiger partial charge is 0.406 e. The van der Waals surface area contributed by atoms with Crippen LogP contribution in [-0.2, 0) is 16.9 Å². The molecule has 0 radical (unpaired) electrons. The lowest BCUT2D eigenvalue weighted by Gasteiger charge is -2.25. The third kappa shape index (κ3) is 4.24. The van der Waals surface area contributed by atoms with Crippen molar-refractivity contribution in [2.24, 2.45) is 10.7 Å². The maximum atomic E-state index is 13.6.